The van der Waals surface area contributed by atoms with Gasteiger partial charge in [-0.1, -0.05) is 18.2 Å². The van der Waals surface area contributed by atoms with Gasteiger partial charge in [-0.2, -0.15) is 0 Å². The first-order valence-corrected chi connectivity index (χ1v) is 5.65. The molecule has 8 heteroatoms. The van der Waals surface area contributed by atoms with E-state index in [-0.39, 0.29) is 17.6 Å². The Hall–Kier alpha value is -2.02. The maximum atomic E-state index is 10.9. The summed E-state index contributed by atoms with van der Waals surface area (Å²) in [6, 6.07) is 6.47. The molecule has 94 valence electrons. The molecule has 18 heavy (non-hydrogen) atoms. The van der Waals surface area contributed by atoms with Crippen LogP contribution in [0.15, 0.2) is 24.3 Å². The van der Waals surface area contributed by atoms with Crippen LogP contribution in [-0.2, 0) is 6.54 Å². The van der Waals surface area contributed by atoms with E-state index in [4.69, 9.17) is 11.6 Å². The molecule has 1 atom stereocenters. The van der Waals surface area contributed by atoms with E-state index in [1.807, 2.05) is 0 Å². The summed E-state index contributed by atoms with van der Waals surface area (Å²) in [5, 5.41) is 21.6. The van der Waals surface area contributed by atoms with Crippen molar-refractivity contribution in [3.63, 3.8) is 0 Å². The van der Waals surface area contributed by atoms with E-state index in [9.17, 15) is 10.1 Å². The number of benzene rings is 1. The number of nitro benzene ring substituents is 1. The summed E-state index contributed by atoms with van der Waals surface area (Å²) in [4.78, 5) is 10.5. The zero-order chi connectivity index (χ0) is 13.1. The average Bonchev–Trinajstić information content (AvgIpc) is 2.77. The van der Waals surface area contributed by atoms with Crippen molar-refractivity contribution >= 4 is 17.3 Å². The van der Waals surface area contributed by atoms with Crippen LogP contribution >= 0.6 is 11.6 Å². The number of hydrogen-bond donors (Lipinski definition) is 0. The standard InChI is InChI=1S/C10H10ClN5O2/c1-7(11)10-12-13-14-15(10)6-8-4-2-3-5-9(8)16(17)18/h2-5,7H,6H2,1H3. The Morgan fingerprint density at radius 1 is 1.50 bits per heavy atom. The van der Waals surface area contributed by atoms with Crippen LogP contribution in [0.5, 0.6) is 0 Å². The van der Waals surface area contributed by atoms with E-state index in [1.54, 1.807) is 25.1 Å². The molecule has 0 spiro atoms. The second-order valence-electron chi connectivity index (χ2n) is 3.70. The number of para-hydroxylation sites is 1. The highest BCUT2D eigenvalue weighted by atomic mass is 35.5. The van der Waals surface area contributed by atoms with Gasteiger partial charge in [-0.15, -0.1) is 16.7 Å². The molecule has 0 saturated heterocycles. The highest BCUT2D eigenvalue weighted by Crippen LogP contribution is 2.21. The summed E-state index contributed by atoms with van der Waals surface area (Å²) in [5.41, 5.74) is 0.578. The minimum absolute atomic E-state index is 0.0428. The summed E-state index contributed by atoms with van der Waals surface area (Å²) in [7, 11) is 0. The number of alkyl halides is 1. The van der Waals surface area contributed by atoms with Crippen LogP contribution in [0.1, 0.15) is 23.7 Å². The van der Waals surface area contributed by atoms with Crippen molar-refractivity contribution in [2.75, 3.05) is 0 Å². The SMILES string of the molecule is CC(Cl)c1nnnn1Cc1ccccc1[N+](=O)[O-]. The number of nitro groups is 1. The molecule has 1 unspecified atom stereocenters. The van der Waals surface area contributed by atoms with E-state index in [0.29, 0.717) is 11.4 Å². The van der Waals surface area contributed by atoms with Gasteiger partial charge < -0.3 is 0 Å². The summed E-state index contributed by atoms with van der Waals surface area (Å²) >= 11 is 5.92. The third-order valence-electron chi connectivity index (χ3n) is 2.42. The molecule has 0 aliphatic heterocycles. The van der Waals surface area contributed by atoms with Crippen molar-refractivity contribution in [1.82, 2.24) is 20.2 Å². The first-order chi connectivity index (χ1) is 8.59. The number of nitrogens with zero attached hydrogens (tertiary/aromatic N) is 5. The molecule has 2 aromatic rings. The molecule has 0 bridgehead atoms. The maximum absolute atomic E-state index is 10.9. The minimum Gasteiger partial charge on any atom is -0.258 e. The van der Waals surface area contributed by atoms with Crippen LogP contribution in [0.25, 0.3) is 0 Å². The van der Waals surface area contributed by atoms with Crippen LogP contribution in [0.3, 0.4) is 0 Å². The van der Waals surface area contributed by atoms with E-state index in [0.717, 1.165) is 0 Å². The lowest BCUT2D eigenvalue weighted by atomic mass is 10.2. The Morgan fingerprint density at radius 3 is 2.89 bits per heavy atom. The predicted molar refractivity (Wildman–Crippen MR) is 64.3 cm³/mol. The third-order valence-corrected chi connectivity index (χ3v) is 2.62. The van der Waals surface area contributed by atoms with E-state index in [2.05, 4.69) is 15.5 Å². The molecule has 0 saturated carbocycles. The van der Waals surface area contributed by atoms with Crippen LogP contribution in [0.4, 0.5) is 5.69 Å². The van der Waals surface area contributed by atoms with Gasteiger partial charge in [-0.05, 0) is 17.4 Å². The second-order valence-corrected chi connectivity index (χ2v) is 4.35. The van der Waals surface area contributed by atoms with Gasteiger partial charge >= 0.3 is 0 Å². The maximum Gasteiger partial charge on any atom is 0.274 e. The molecule has 2 rings (SSSR count). The van der Waals surface area contributed by atoms with Gasteiger partial charge in [-0.3, -0.25) is 10.1 Å². The van der Waals surface area contributed by atoms with Gasteiger partial charge in [0.05, 0.1) is 22.4 Å². The predicted octanol–water partition coefficient (Wildman–Crippen LogP) is 1.93. The van der Waals surface area contributed by atoms with Gasteiger partial charge in [0, 0.05) is 6.07 Å². The molecule has 1 heterocycles. The minimum atomic E-state index is -0.427. The Labute approximate surface area is 108 Å². The second kappa shape index (κ2) is 5.09. The fourth-order valence-electron chi connectivity index (χ4n) is 1.59. The summed E-state index contributed by atoms with van der Waals surface area (Å²) < 4.78 is 1.46. The molecule has 7 nitrogen and oxygen atoms in total. The molecule has 0 fully saturated rings. The third kappa shape index (κ3) is 2.45. The fourth-order valence-corrected chi connectivity index (χ4v) is 1.75. The summed E-state index contributed by atoms with van der Waals surface area (Å²) in [5.74, 6) is 0.481. The highest BCUT2D eigenvalue weighted by molar-refractivity contribution is 6.20. The van der Waals surface area contributed by atoms with Crippen molar-refractivity contribution in [3.05, 3.63) is 45.8 Å². The number of tetrazole rings is 1. The molecular weight excluding hydrogens is 258 g/mol. The van der Waals surface area contributed by atoms with Crippen molar-refractivity contribution in [2.45, 2.75) is 18.8 Å². The van der Waals surface area contributed by atoms with Gasteiger partial charge in [-0.25, -0.2) is 4.68 Å². The first kappa shape index (κ1) is 12.4. The van der Waals surface area contributed by atoms with Crippen molar-refractivity contribution in [1.29, 1.82) is 0 Å². The van der Waals surface area contributed by atoms with Crippen molar-refractivity contribution in [3.8, 4) is 0 Å². The Bertz CT molecular complexity index is 569. The zero-order valence-corrected chi connectivity index (χ0v) is 10.3. The Kier molecular flexibility index (Phi) is 3.52. The smallest absolute Gasteiger partial charge is 0.258 e. The lowest BCUT2D eigenvalue weighted by molar-refractivity contribution is -0.385. The van der Waals surface area contributed by atoms with Gasteiger partial charge in [0.1, 0.15) is 0 Å². The normalized spacial score (nSPS) is 12.3. The topological polar surface area (TPSA) is 86.7 Å². The quantitative estimate of drug-likeness (QED) is 0.480. The highest BCUT2D eigenvalue weighted by Gasteiger charge is 2.17. The lowest BCUT2D eigenvalue weighted by Crippen LogP contribution is -2.09. The fraction of sp³-hybridized carbons (Fsp3) is 0.300. The summed E-state index contributed by atoms with van der Waals surface area (Å²) in [6.45, 7) is 1.96. The molecule has 0 amide bonds. The van der Waals surface area contributed by atoms with E-state index >= 15 is 0 Å². The van der Waals surface area contributed by atoms with E-state index < -0.39 is 4.92 Å². The first-order valence-electron chi connectivity index (χ1n) is 5.22. The van der Waals surface area contributed by atoms with E-state index in [1.165, 1.54) is 10.7 Å². The molecule has 1 aromatic carbocycles. The average molecular weight is 268 g/mol. The summed E-state index contributed by atoms with van der Waals surface area (Å²) in [6.07, 6.45) is 0. The molecule has 0 N–H and O–H groups in total. The molecule has 0 radical (unpaired) electrons. The van der Waals surface area contributed by atoms with Crippen LogP contribution in [0, 0.1) is 10.1 Å². The molecule has 0 aliphatic rings. The molecular formula is C10H10ClN5O2. The number of aromatic nitrogens is 4. The zero-order valence-electron chi connectivity index (χ0n) is 9.52. The number of halogens is 1. The van der Waals surface area contributed by atoms with Crippen LogP contribution in [-0.4, -0.2) is 25.1 Å². The van der Waals surface area contributed by atoms with Gasteiger partial charge in [0.25, 0.3) is 5.69 Å². The van der Waals surface area contributed by atoms with Gasteiger partial charge in [0.15, 0.2) is 5.82 Å². The van der Waals surface area contributed by atoms with Gasteiger partial charge in [0.2, 0.25) is 0 Å². The van der Waals surface area contributed by atoms with Crippen LogP contribution < -0.4 is 0 Å². The Morgan fingerprint density at radius 2 is 2.22 bits per heavy atom. The lowest BCUT2D eigenvalue weighted by Gasteiger charge is -2.06. The number of hydrogen-bond acceptors (Lipinski definition) is 5. The number of rotatable bonds is 4. The molecule has 0 aliphatic carbocycles. The Balaban J connectivity index is 2.34. The monoisotopic (exact) mass is 267 g/mol. The van der Waals surface area contributed by atoms with Crippen molar-refractivity contribution in [2.24, 2.45) is 0 Å². The largest absolute Gasteiger partial charge is 0.274 e. The van der Waals surface area contributed by atoms with Crippen molar-refractivity contribution < 1.29 is 4.92 Å². The molecule has 1 aromatic heterocycles. The van der Waals surface area contributed by atoms with Crippen LogP contribution in [0.2, 0.25) is 0 Å².